The highest BCUT2D eigenvalue weighted by Crippen LogP contribution is 2.17. The molecule has 1 fully saturated rings. The number of rotatable bonds is 4. The zero-order valence-electron chi connectivity index (χ0n) is 11.7. The molecule has 0 amide bonds. The van der Waals surface area contributed by atoms with Gasteiger partial charge >= 0.3 is 0 Å². The van der Waals surface area contributed by atoms with E-state index >= 15 is 0 Å². The van der Waals surface area contributed by atoms with Crippen molar-refractivity contribution < 1.29 is 16.8 Å². The highest BCUT2D eigenvalue weighted by Gasteiger charge is 2.31. The quantitative estimate of drug-likeness (QED) is 0.734. The molecule has 11 heteroatoms. The van der Waals surface area contributed by atoms with Crippen molar-refractivity contribution in [1.29, 1.82) is 0 Å². The van der Waals surface area contributed by atoms with Gasteiger partial charge in [0.05, 0.1) is 18.6 Å². The first-order chi connectivity index (χ1) is 9.75. The van der Waals surface area contributed by atoms with Gasteiger partial charge in [-0.15, -0.1) is 0 Å². The molecule has 0 aromatic carbocycles. The minimum Gasteiger partial charge on any atom is -0.357 e. The third kappa shape index (κ3) is 3.48. The summed E-state index contributed by atoms with van der Waals surface area (Å²) in [5.74, 6) is 0.329. The Kier molecular flexibility index (Phi) is 4.46. The third-order valence-corrected chi connectivity index (χ3v) is 6.31. The first kappa shape index (κ1) is 16.1. The lowest BCUT2D eigenvalue weighted by molar-refractivity contribution is 0.274. The Morgan fingerprint density at radius 1 is 1.00 bits per heavy atom. The van der Waals surface area contributed by atoms with Crippen molar-refractivity contribution in [3.8, 4) is 0 Å². The molecule has 1 aromatic rings. The van der Waals surface area contributed by atoms with E-state index < -0.39 is 20.0 Å². The maximum Gasteiger partial charge on any atom is 0.246 e. The highest BCUT2D eigenvalue weighted by molar-refractivity contribution is 7.89. The summed E-state index contributed by atoms with van der Waals surface area (Å²) in [5, 5.41) is 2.70. The number of piperazine rings is 1. The Balaban J connectivity index is 2.14. The molecule has 2 heterocycles. The molecule has 1 aliphatic heterocycles. The fraction of sp³-hybridized carbons (Fsp3) is 0.600. The van der Waals surface area contributed by atoms with Crippen molar-refractivity contribution in [3.63, 3.8) is 0 Å². The summed E-state index contributed by atoms with van der Waals surface area (Å²) in [4.78, 5) is 7.75. The lowest BCUT2D eigenvalue weighted by Crippen LogP contribution is -2.50. The van der Waals surface area contributed by atoms with Gasteiger partial charge in [0.15, 0.2) is 0 Å². The Labute approximate surface area is 124 Å². The van der Waals surface area contributed by atoms with Crippen molar-refractivity contribution >= 4 is 26.0 Å². The van der Waals surface area contributed by atoms with Crippen LogP contribution in [0, 0.1) is 0 Å². The molecule has 118 valence electrons. The van der Waals surface area contributed by atoms with Crippen LogP contribution in [0.5, 0.6) is 0 Å². The average Bonchev–Trinajstić information content (AvgIpc) is 2.46. The number of anilines is 1. The molecule has 0 saturated carbocycles. The van der Waals surface area contributed by atoms with E-state index in [9.17, 15) is 16.8 Å². The van der Waals surface area contributed by atoms with Gasteiger partial charge in [-0.2, -0.15) is 8.61 Å². The predicted molar refractivity (Wildman–Crippen MR) is 76.8 cm³/mol. The van der Waals surface area contributed by atoms with Gasteiger partial charge < -0.3 is 5.32 Å². The summed E-state index contributed by atoms with van der Waals surface area (Å²) >= 11 is 0. The number of hydrogen-bond acceptors (Lipinski definition) is 7. The van der Waals surface area contributed by atoms with Crippen LogP contribution in [-0.2, 0) is 20.0 Å². The van der Waals surface area contributed by atoms with Gasteiger partial charge in [0.25, 0.3) is 0 Å². The monoisotopic (exact) mass is 335 g/mol. The summed E-state index contributed by atoms with van der Waals surface area (Å²) in [7, 11) is -5.35. The molecule has 0 aliphatic carbocycles. The average molecular weight is 335 g/mol. The SMILES string of the molecule is CNc1ncc(S(=O)(=O)N2CCN(S(C)(=O)=O)CC2)cn1. The van der Waals surface area contributed by atoms with Crippen LogP contribution in [-0.4, -0.2) is 74.9 Å². The van der Waals surface area contributed by atoms with E-state index in [1.54, 1.807) is 7.05 Å². The molecule has 2 rings (SSSR count). The summed E-state index contributed by atoms with van der Waals surface area (Å²) in [6.07, 6.45) is 3.58. The second-order valence-electron chi connectivity index (χ2n) is 4.56. The summed E-state index contributed by atoms with van der Waals surface area (Å²) in [6.45, 7) is 0.521. The maximum absolute atomic E-state index is 12.4. The summed E-state index contributed by atoms with van der Waals surface area (Å²) in [5.41, 5.74) is 0. The number of sulfonamides is 2. The van der Waals surface area contributed by atoms with E-state index in [4.69, 9.17) is 0 Å². The van der Waals surface area contributed by atoms with Crippen molar-refractivity contribution in [2.24, 2.45) is 0 Å². The van der Waals surface area contributed by atoms with E-state index in [-0.39, 0.29) is 31.1 Å². The van der Waals surface area contributed by atoms with Gasteiger partial charge in [-0.25, -0.2) is 26.8 Å². The first-order valence-corrected chi connectivity index (χ1v) is 9.49. The van der Waals surface area contributed by atoms with E-state index in [0.29, 0.717) is 5.95 Å². The molecule has 0 spiro atoms. The number of hydrogen-bond donors (Lipinski definition) is 1. The van der Waals surface area contributed by atoms with Crippen LogP contribution in [0.3, 0.4) is 0 Å². The smallest absolute Gasteiger partial charge is 0.246 e. The molecule has 0 radical (unpaired) electrons. The van der Waals surface area contributed by atoms with Crippen LogP contribution >= 0.6 is 0 Å². The number of nitrogens with zero attached hydrogens (tertiary/aromatic N) is 4. The number of aromatic nitrogens is 2. The largest absolute Gasteiger partial charge is 0.357 e. The fourth-order valence-corrected chi connectivity index (χ4v) is 4.11. The predicted octanol–water partition coefficient (Wildman–Crippen LogP) is -1.22. The van der Waals surface area contributed by atoms with Crippen LogP contribution in [0.4, 0.5) is 5.95 Å². The normalized spacial score (nSPS) is 18.6. The van der Waals surface area contributed by atoms with Crippen LogP contribution < -0.4 is 5.32 Å². The molecule has 0 atom stereocenters. The summed E-state index contributed by atoms with van der Waals surface area (Å²) < 4.78 is 50.1. The molecule has 1 N–H and O–H groups in total. The molecular weight excluding hydrogens is 318 g/mol. The van der Waals surface area contributed by atoms with Crippen molar-refractivity contribution in [1.82, 2.24) is 18.6 Å². The van der Waals surface area contributed by atoms with Crippen molar-refractivity contribution in [2.75, 3.05) is 44.8 Å². The van der Waals surface area contributed by atoms with Gasteiger partial charge in [0.2, 0.25) is 26.0 Å². The molecule has 1 aromatic heterocycles. The zero-order chi connectivity index (χ0) is 15.7. The fourth-order valence-electron chi connectivity index (χ4n) is 1.97. The molecule has 21 heavy (non-hydrogen) atoms. The molecule has 0 bridgehead atoms. The minimum absolute atomic E-state index is 0.00527. The van der Waals surface area contributed by atoms with Gasteiger partial charge in [0.1, 0.15) is 4.90 Å². The lowest BCUT2D eigenvalue weighted by Gasteiger charge is -2.32. The minimum atomic E-state index is -3.70. The highest BCUT2D eigenvalue weighted by atomic mass is 32.2. The van der Waals surface area contributed by atoms with E-state index in [2.05, 4.69) is 15.3 Å². The maximum atomic E-state index is 12.4. The second-order valence-corrected chi connectivity index (χ2v) is 8.48. The van der Waals surface area contributed by atoms with Crippen LogP contribution in [0.1, 0.15) is 0 Å². The lowest BCUT2D eigenvalue weighted by atomic mass is 10.4. The third-order valence-electron chi connectivity index (χ3n) is 3.16. The number of nitrogens with one attached hydrogen (secondary N) is 1. The molecule has 1 aliphatic rings. The Bertz CT molecular complexity index is 693. The molecule has 9 nitrogen and oxygen atoms in total. The Hall–Kier alpha value is -1.30. The van der Waals surface area contributed by atoms with Crippen molar-refractivity contribution in [2.45, 2.75) is 4.90 Å². The van der Waals surface area contributed by atoms with Gasteiger partial charge in [-0.05, 0) is 0 Å². The van der Waals surface area contributed by atoms with Crippen LogP contribution in [0.25, 0.3) is 0 Å². The van der Waals surface area contributed by atoms with Gasteiger partial charge in [-0.3, -0.25) is 0 Å². The topological polar surface area (TPSA) is 113 Å². The van der Waals surface area contributed by atoms with E-state index in [1.165, 1.54) is 21.0 Å². The molecule has 1 saturated heterocycles. The second kappa shape index (κ2) is 5.83. The van der Waals surface area contributed by atoms with Crippen LogP contribution in [0.15, 0.2) is 17.3 Å². The van der Waals surface area contributed by atoms with Crippen LogP contribution in [0.2, 0.25) is 0 Å². The summed E-state index contributed by atoms with van der Waals surface area (Å²) in [6, 6.07) is 0. The zero-order valence-corrected chi connectivity index (χ0v) is 13.4. The Morgan fingerprint density at radius 2 is 1.48 bits per heavy atom. The van der Waals surface area contributed by atoms with E-state index in [0.717, 1.165) is 6.26 Å². The van der Waals surface area contributed by atoms with Gasteiger partial charge in [0, 0.05) is 33.2 Å². The molecular formula is C10H17N5O4S2. The van der Waals surface area contributed by atoms with E-state index in [1.807, 2.05) is 0 Å². The Morgan fingerprint density at radius 3 is 1.90 bits per heavy atom. The van der Waals surface area contributed by atoms with Crippen molar-refractivity contribution in [3.05, 3.63) is 12.4 Å². The standard InChI is InChI=1S/C10H17N5O4S2/c1-11-10-12-7-9(8-13-10)21(18,19)15-5-3-14(4-6-15)20(2,16)17/h7-8H,3-6H2,1-2H3,(H,11,12,13). The van der Waals surface area contributed by atoms with Gasteiger partial charge in [-0.1, -0.05) is 0 Å². The molecule has 0 unspecified atom stereocenters. The first-order valence-electron chi connectivity index (χ1n) is 6.20.